The molecule has 0 bridgehead atoms. The fourth-order valence-corrected chi connectivity index (χ4v) is 4.02. The first-order chi connectivity index (χ1) is 13.9. The van der Waals surface area contributed by atoms with Crippen LogP contribution >= 0.6 is 11.6 Å². The maximum Gasteiger partial charge on any atom is 0.326 e. The predicted octanol–water partition coefficient (Wildman–Crippen LogP) is 2.67. The molecule has 1 amide bonds. The molecule has 0 aliphatic carbocycles. The van der Waals surface area contributed by atoms with Crippen LogP contribution in [0.1, 0.15) is 6.92 Å². The van der Waals surface area contributed by atoms with Gasteiger partial charge in [-0.15, -0.1) is 0 Å². The van der Waals surface area contributed by atoms with Crippen molar-refractivity contribution in [3.8, 4) is 0 Å². The molecule has 0 radical (unpaired) electrons. The summed E-state index contributed by atoms with van der Waals surface area (Å²) in [6.45, 7) is 4.97. The fourth-order valence-electron chi connectivity index (χ4n) is 3.90. The van der Waals surface area contributed by atoms with Gasteiger partial charge in [-0.05, 0) is 49.4 Å². The Labute approximate surface area is 173 Å². The Morgan fingerprint density at radius 1 is 1.21 bits per heavy atom. The highest BCUT2D eigenvalue weighted by Crippen LogP contribution is 2.23. The lowest BCUT2D eigenvalue weighted by molar-refractivity contribution is -0.117. The Balaban J connectivity index is 1.36. The summed E-state index contributed by atoms with van der Waals surface area (Å²) in [5.74, 6) is -0.0583. The van der Waals surface area contributed by atoms with Crippen molar-refractivity contribution in [2.24, 2.45) is 7.05 Å². The van der Waals surface area contributed by atoms with E-state index >= 15 is 0 Å². The van der Waals surface area contributed by atoms with E-state index in [2.05, 4.69) is 27.0 Å². The van der Waals surface area contributed by atoms with E-state index in [4.69, 9.17) is 11.6 Å². The number of carbonyl (C=O) groups is 1. The van der Waals surface area contributed by atoms with E-state index in [-0.39, 0.29) is 11.6 Å². The number of hydrogen-bond acceptors (Lipinski definition) is 4. The van der Waals surface area contributed by atoms with Crippen molar-refractivity contribution in [1.82, 2.24) is 14.5 Å². The molecule has 4 rings (SSSR count). The van der Waals surface area contributed by atoms with Gasteiger partial charge in [0, 0.05) is 49.1 Å². The molecule has 7 nitrogen and oxygen atoms in total. The lowest BCUT2D eigenvalue weighted by Gasteiger charge is -2.41. The third-order valence-electron chi connectivity index (χ3n) is 5.43. The zero-order valence-electron chi connectivity index (χ0n) is 16.5. The Kier molecular flexibility index (Phi) is 5.34. The standard InChI is InChI=1S/C21H24ClN5O2/c1-14-12-26(9-10-27(14)17-6-3-15(22)4-7-17)13-20(28)23-16-5-8-18-19(11-16)25(2)21(29)24-18/h3-8,11,14H,9-10,12-13H2,1-2H3,(H,23,28)(H,24,29)/t14-/m1/s1. The number of carbonyl (C=O) groups excluding carboxylic acids is 1. The van der Waals surface area contributed by atoms with Crippen molar-refractivity contribution >= 4 is 39.9 Å². The number of piperazine rings is 1. The number of nitrogens with zero attached hydrogens (tertiary/aromatic N) is 3. The molecule has 1 aliphatic heterocycles. The third-order valence-corrected chi connectivity index (χ3v) is 5.68. The van der Waals surface area contributed by atoms with Crippen molar-refractivity contribution in [3.05, 3.63) is 58.0 Å². The lowest BCUT2D eigenvalue weighted by Crippen LogP contribution is -2.53. The average Bonchev–Trinajstić information content (AvgIpc) is 2.97. The smallest absolute Gasteiger partial charge is 0.326 e. The van der Waals surface area contributed by atoms with E-state index in [9.17, 15) is 9.59 Å². The Morgan fingerprint density at radius 2 is 1.97 bits per heavy atom. The number of H-pyrrole nitrogens is 1. The predicted molar refractivity (Wildman–Crippen MR) is 117 cm³/mol. The molecule has 8 heteroatoms. The van der Waals surface area contributed by atoms with Gasteiger partial charge in [0.1, 0.15) is 0 Å². The summed E-state index contributed by atoms with van der Waals surface area (Å²) in [5.41, 5.74) is 3.18. The summed E-state index contributed by atoms with van der Waals surface area (Å²) in [7, 11) is 1.70. The summed E-state index contributed by atoms with van der Waals surface area (Å²) in [5, 5.41) is 3.67. The van der Waals surface area contributed by atoms with Crippen LogP contribution in [-0.4, -0.2) is 52.6 Å². The molecule has 0 saturated carbocycles. The van der Waals surface area contributed by atoms with Crippen LogP contribution in [0, 0.1) is 0 Å². The van der Waals surface area contributed by atoms with Gasteiger partial charge < -0.3 is 15.2 Å². The molecule has 1 saturated heterocycles. The number of fused-ring (bicyclic) bond motifs is 1. The van der Waals surface area contributed by atoms with Crippen molar-refractivity contribution in [2.45, 2.75) is 13.0 Å². The average molecular weight is 414 g/mol. The highest BCUT2D eigenvalue weighted by atomic mass is 35.5. The van der Waals surface area contributed by atoms with E-state index in [1.54, 1.807) is 19.2 Å². The van der Waals surface area contributed by atoms with Crippen LogP contribution in [0.25, 0.3) is 11.0 Å². The lowest BCUT2D eigenvalue weighted by atomic mass is 10.1. The van der Waals surface area contributed by atoms with Crippen LogP contribution in [0.15, 0.2) is 47.3 Å². The van der Waals surface area contributed by atoms with Gasteiger partial charge >= 0.3 is 5.69 Å². The van der Waals surface area contributed by atoms with Crippen LogP contribution in [0.5, 0.6) is 0 Å². The van der Waals surface area contributed by atoms with Crippen molar-refractivity contribution < 1.29 is 4.79 Å². The topological polar surface area (TPSA) is 73.4 Å². The molecule has 1 aromatic heterocycles. The maximum atomic E-state index is 12.5. The molecule has 1 aliphatic rings. The molecule has 152 valence electrons. The molecular weight excluding hydrogens is 390 g/mol. The van der Waals surface area contributed by atoms with Crippen LogP contribution in [0.2, 0.25) is 5.02 Å². The number of halogens is 1. The number of aromatic amines is 1. The summed E-state index contributed by atoms with van der Waals surface area (Å²) >= 11 is 5.99. The molecule has 2 heterocycles. The molecular formula is C21H24ClN5O2. The van der Waals surface area contributed by atoms with Gasteiger partial charge in [-0.2, -0.15) is 0 Å². The molecule has 29 heavy (non-hydrogen) atoms. The Hall–Kier alpha value is -2.77. The Morgan fingerprint density at radius 3 is 2.69 bits per heavy atom. The van der Waals surface area contributed by atoms with Gasteiger partial charge in [0.2, 0.25) is 5.91 Å². The highest BCUT2D eigenvalue weighted by molar-refractivity contribution is 6.30. The van der Waals surface area contributed by atoms with E-state index in [1.165, 1.54) is 4.57 Å². The van der Waals surface area contributed by atoms with Gasteiger partial charge in [-0.1, -0.05) is 11.6 Å². The number of aryl methyl sites for hydroxylation is 1. The van der Waals surface area contributed by atoms with Crippen LogP contribution < -0.4 is 15.9 Å². The quantitative estimate of drug-likeness (QED) is 0.689. The van der Waals surface area contributed by atoms with Crippen molar-refractivity contribution in [1.29, 1.82) is 0 Å². The van der Waals surface area contributed by atoms with Crippen molar-refractivity contribution in [2.75, 3.05) is 36.4 Å². The number of aromatic nitrogens is 2. The number of benzene rings is 2. The molecule has 1 fully saturated rings. The summed E-state index contributed by atoms with van der Waals surface area (Å²) in [4.78, 5) is 31.5. The second kappa shape index (κ2) is 7.93. The van der Waals surface area contributed by atoms with E-state index in [0.717, 1.165) is 41.4 Å². The first-order valence-electron chi connectivity index (χ1n) is 9.64. The van der Waals surface area contributed by atoms with Crippen LogP contribution in [-0.2, 0) is 11.8 Å². The fraction of sp³-hybridized carbons (Fsp3) is 0.333. The number of amides is 1. The van der Waals surface area contributed by atoms with Crippen molar-refractivity contribution in [3.63, 3.8) is 0 Å². The molecule has 2 N–H and O–H groups in total. The van der Waals surface area contributed by atoms with Gasteiger partial charge in [0.05, 0.1) is 17.6 Å². The molecule has 1 atom stereocenters. The summed E-state index contributed by atoms with van der Waals surface area (Å²) < 4.78 is 1.53. The minimum Gasteiger partial charge on any atom is -0.366 e. The van der Waals surface area contributed by atoms with Gasteiger partial charge in [0.15, 0.2) is 0 Å². The number of imidazole rings is 1. The second-order valence-electron chi connectivity index (χ2n) is 7.52. The molecule has 0 spiro atoms. The molecule has 2 aromatic carbocycles. The molecule has 3 aromatic rings. The highest BCUT2D eigenvalue weighted by Gasteiger charge is 2.25. The summed E-state index contributed by atoms with van der Waals surface area (Å²) in [6, 6.07) is 13.6. The van der Waals surface area contributed by atoms with E-state index in [1.807, 2.05) is 30.3 Å². The first-order valence-corrected chi connectivity index (χ1v) is 10.0. The van der Waals surface area contributed by atoms with Crippen LogP contribution in [0.3, 0.4) is 0 Å². The van der Waals surface area contributed by atoms with E-state index < -0.39 is 0 Å². The summed E-state index contributed by atoms with van der Waals surface area (Å²) in [6.07, 6.45) is 0. The van der Waals surface area contributed by atoms with Gasteiger partial charge in [-0.25, -0.2) is 4.79 Å². The second-order valence-corrected chi connectivity index (χ2v) is 7.96. The third kappa shape index (κ3) is 4.16. The number of anilines is 2. The van der Waals surface area contributed by atoms with Crippen LogP contribution in [0.4, 0.5) is 11.4 Å². The SMILES string of the molecule is C[C@@H]1CN(CC(=O)Nc2ccc3[nH]c(=O)n(C)c3c2)CCN1c1ccc(Cl)cc1. The minimum absolute atomic E-state index is 0.0583. The number of nitrogens with one attached hydrogen (secondary N) is 2. The normalized spacial score (nSPS) is 17.6. The van der Waals surface area contributed by atoms with E-state index in [0.29, 0.717) is 18.3 Å². The largest absolute Gasteiger partial charge is 0.366 e. The first kappa shape index (κ1) is 19.5. The maximum absolute atomic E-state index is 12.5. The minimum atomic E-state index is -0.170. The number of rotatable bonds is 4. The zero-order valence-corrected chi connectivity index (χ0v) is 17.2. The number of hydrogen-bond donors (Lipinski definition) is 2. The van der Waals surface area contributed by atoms with Gasteiger partial charge in [-0.3, -0.25) is 14.3 Å². The van der Waals surface area contributed by atoms with Gasteiger partial charge in [0.25, 0.3) is 0 Å². The monoisotopic (exact) mass is 413 g/mol. The zero-order chi connectivity index (χ0) is 20.5. The molecule has 0 unspecified atom stereocenters. The Bertz CT molecular complexity index is 1090.